The van der Waals surface area contributed by atoms with Crippen LogP contribution in [0.3, 0.4) is 0 Å². The van der Waals surface area contributed by atoms with Gasteiger partial charge in [0.25, 0.3) is 0 Å². The topological polar surface area (TPSA) is 26.0 Å². The van der Waals surface area contributed by atoms with Gasteiger partial charge in [-0.1, -0.05) is 13.0 Å². The SMILES string of the molecule is CCCc1nc2c(C)c(C)cc(C)c2o1. The number of rotatable bonds is 2. The Morgan fingerprint density at radius 1 is 1.20 bits per heavy atom. The Labute approximate surface area is 90.3 Å². The van der Waals surface area contributed by atoms with Crippen LogP contribution in [0.2, 0.25) is 0 Å². The second kappa shape index (κ2) is 3.69. The van der Waals surface area contributed by atoms with E-state index in [0.29, 0.717) is 0 Å². The third kappa shape index (κ3) is 1.65. The molecule has 80 valence electrons. The molecule has 0 aliphatic rings. The summed E-state index contributed by atoms with van der Waals surface area (Å²) < 4.78 is 5.76. The number of aromatic nitrogens is 1. The molecular formula is C13H17NO. The normalized spacial score (nSPS) is 11.2. The molecule has 0 fully saturated rings. The smallest absolute Gasteiger partial charge is 0.195 e. The molecule has 0 N–H and O–H groups in total. The molecule has 0 bridgehead atoms. The van der Waals surface area contributed by atoms with Crippen LogP contribution in [0.5, 0.6) is 0 Å². The molecule has 1 aromatic carbocycles. The van der Waals surface area contributed by atoms with Gasteiger partial charge >= 0.3 is 0 Å². The van der Waals surface area contributed by atoms with E-state index in [4.69, 9.17) is 4.42 Å². The summed E-state index contributed by atoms with van der Waals surface area (Å²) in [6.45, 7) is 8.45. The highest BCUT2D eigenvalue weighted by molar-refractivity contribution is 5.81. The van der Waals surface area contributed by atoms with Crippen molar-refractivity contribution in [2.45, 2.75) is 40.5 Å². The van der Waals surface area contributed by atoms with Crippen molar-refractivity contribution in [2.24, 2.45) is 0 Å². The number of fused-ring (bicyclic) bond motifs is 1. The predicted octanol–water partition coefficient (Wildman–Crippen LogP) is 3.71. The first-order chi connectivity index (χ1) is 7.13. The van der Waals surface area contributed by atoms with Crippen LogP contribution in [-0.2, 0) is 6.42 Å². The van der Waals surface area contributed by atoms with Crippen LogP contribution in [0, 0.1) is 20.8 Å². The summed E-state index contributed by atoms with van der Waals surface area (Å²) in [4.78, 5) is 4.56. The average molecular weight is 203 g/mol. The molecule has 0 radical (unpaired) electrons. The van der Waals surface area contributed by atoms with E-state index < -0.39 is 0 Å². The van der Waals surface area contributed by atoms with Crippen LogP contribution in [0.1, 0.15) is 35.9 Å². The molecule has 2 nitrogen and oxygen atoms in total. The Bertz CT molecular complexity index is 497. The summed E-state index contributed by atoms with van der Waals surface area (Å²) >= 11 is 0. The maximum atomic E-state index is 5.76. The first kappa shape index (κ1) is 10.2. The number of benzene rings is 1. The van der Waals surface area contributed by atoms with E-state index in [1.165, 1.54) is 16.7 Å². The Morgan fingerprint density at radius 2 is 1.93 bits per heavy atom. The first-order valence-electron chi connectivity index (χ1n) is 5.49. The monoisotopic (exact) mass is 203 g/mol. The van der Waals surface area contributed by atoms with Crippen molar-refractivity contribution in [3.63, 3.8) is 0 Å². The van der Waals surface area contributed by atoms with Crippen LogP contribution in [0.4, 0.5) is 0 Å². The minimum absolute atomic E-state index is 0.865. The molecule has 0 atom stereocenters. The number of oxazole rings is 1. The first-order valence-corrected chi connectivity index (χ1v) is 5.49. The minimum atomic E-state index is 0.865. The lowest BCUT2D eigenvalue weighted by atomic mass is 10.1. The summed E-state index contributed by atoms with van der Waals surface area (Å²) in [6.07, 6.45) is 2.00. The lowest BCUT2D eigenvalue weighted by molar-refractivity contribution is 0.524. The van der Waals surface area contributed by atoms with Crippen molar-refractivity contribution in [3.8, 4) is 0 Å². The fourth-order valence-electron chi connectivity index (χ4n) is 1.89. The summed E-state index contributed by atoms with van der Waals surface area (Å²) in [5, 5.41) is 0. The summed E-state index contributed by atoms with van der Waals surface area (Å²) in [7, 11) is 0. The molecule has 2 aromatic rings. The van der Waals surface area contributed by atoms with Gasteiger partial charge in [-0.15, -0.1) is 0 Å². The average Bonchev–Trinajstić information content (AvgIpc) is 2.60. The standard InChI is InChI=1S/C13H17NO/c1-5-6-11-14-12-10(4)8(2)7-9(3)13(12)15-11/h7H,5-6H2,1-4H3. The molecule has 0 saturated carbocycles. The van der Waals surface area contributed by atoms with Gasteiger partial charge in [0, 0.05) is 6.42 Å². The van der Waals surface area contributed by atoms with Crippen molar-refractivity contribution in [1.82, 2.24) is 4.98 Å². The van der Waals surface area contributed by atoms with Gasteiger partial charge in [0.1, 0.15) is 5.52 Å². The summed E-state index contributed by atoms with van der Waals surface area (Å²) in [6, 6.07) is 2.17. The molecule has 2 rings (SSSR count). The van der Waals surface area contributed by atoms with Crippen LogP contribution < -0.4 is 0 Å². The van der Waals surface area contributed by atoms with Crippen LogP contribution in [0.25, 0.3) is 11.1 Å². The molecule has 0 aliphatic heterocycles. The Hall–Kier alpha value is -1.31. The van der Waals surface area contributed by atoms with E-state index in [2.05, 4.69) is 38.7 Å². The van der Waals surface area contributed by atoms with Crippen molar-refractivity contribution < 1.29 is 4.42 Å². The van der Waals surface area contributed by atoms with Crippen molar-refractivity contribution in [2.75, 3.05) is 0 Å². The lowest BCUT2D eigenvalue weighted by Crippen LogP contribution is -1.86. The van der Waals surface area contributed by atoms with E-state index in [9.17, 15) is 0 Å². The zero-order chi connectivity index (χ0) is 11.0. The third-order valence-electron chi connectivity index (χ3n) is 2.87. The Kier molecular flexibility index (Phi) is 2.51. The molecule has 1 heterocycles. The fraction of sp³-hybridized carbons (Fsp3) is 0.462. The van der Waals surface area contributed by atoms with E-state index in [1.54, 1.807) is 0 Å². The van der Waals surface area contributed by atoms with Crippen LogP contribution in [-0.4, -0.2) is 4.98 Å². The molecule has 0 aliphatic carbocycles. The van der Waals surface area contributed by atoms with Gasteiger partial charge in [-0.25, -0.2) is 4.98 Å². The zero-order valence-corrected chi connectivity index (χ0v) is 9.85. The molecular weight excluding hydrogens is 186 g/mol. The third-order valence-corrected chi connectivity index (χ3v) is 2.87. The molecule has 0 saturated heterocycles. The number of hydrogen-bond donors (Lipinski definition) is 0. The van der Waals surface area contributed by atoms with Crippen LogP contribution in [0.15, 0.2) is 10.5 Å². The van der Waals surface area contributed by atoms with E-state index in [-0.39, 0.29) is 0 Å². The fourth-order valence-corrected chi connectivity index (χ4v) is 1.89. The number of nitrogens with zero attached hydrogens (tertiary/aromatic N) is 1. The maximum absolute atomic E-state index is 5.76. The molecule has 0 amide bonds. The van der Waals surface area contributed by atoms with Gasteiger partial charge in [-0.05, 0) is 43.9 Å². The quantitative estimate of drug-likeness (QED) is 0.743. The van der Waals surface area contributed by atoms with Gasteiger partial charge < -0.3 is 4.42 Å². The van der Waals surface area contributed by atoms with E-state index >= 15 is 0 Å². The van der Waals surface area contributed by atoms with Crippen LogP contribution >= 0.6 is 0 Å². The van der Waals surface area contributed by atoms with Crippen molar-refractivity contribution >= 4 is 11.1 Å². The summed E-state index contributed by atoms with van der Waals surface area (Å²) in [5.74, 6) is 0.865. The highest BCUT2D eigenvalue weighted by atomic mass is 16.3. The van der Waals surface area contributed by atoms with Gasteiger partial charge in [-0.2, -0.15) is 0 Å². The van der Waals surface area contributed by atoms with Crippen molar-refractivity contribution in [3.05, 3.63) is 28.6 Å². The Balaban J connectivity index is 2.68. The number of hydrogen-bond acceptors (Lipinski definition) is 2. The van der Waals surface area contributed by atoms with Crippen molar-refractivity contribution in [1.29, 1.82) is 0 Å². The van der Waals surface area contributed by atoms with E-state index in [1.807, 2.05) is 0 Å². The predicted molar refractivity (Wildman–Crippen MR) is 62.2 cm³/mol. The number of aryl methyl sites for hydroxylation is 4. The summed E-state index contributed by atoms with van der Waals surface area (Å²) in [5.41, 5.74) is 5.71. The Morgan fingerprint density at radius 3 is 2.60 bits per heavy atom. The highest BCUT2D eigenvalue weighted by Crippen LogP contribution is 2.26. The lowest BCUT2D eigenvalue weighted by Gasteiger charge is -2.01. The molecule has 2 heteroatoms. The highest BCUT2D eigenvalue weighted by Gasteiger charge is 2.11. The minimum Gasteiger partial charge on any atom is -0.440 e. The molecule has 15 heavy (non-hydrogen) atoms. The van der Waals surface area contributed by atoms with Gasteiger partial charge in [0.2, 0.25) is 0 Å². The second-order valence-corrected chi connectivity index (χ2v) is 4.17. The maximum Gasteiger partial charge on any atom is 0.195 e. The van der Waals surface area contributed by atoms with Gasteiger partial charge in [0.05, 0.1) is 0 Å². The van der Waals surface area contributed by atoms with E-state index in [0.717, 1.165) is 29.8 Å². The second-order valence-electron chi connectivity index (χ2n) is 4.17. The molecule has 0 spiro atoms. The zero-order valence-electron chi connectivity index (χ0n) is 9.85. The molecule has 0 unspecified atom stereocenters. The van der Waals surface area contributed by atoms with Gasteiger partial charge in [-0.3, -0.25) is 0 Å². The van der Waals surface area contributed by atoms with Gasteiger partial charge in [0.15, 0.2) is 11.5 Å². The largest absolute Gasteiger partial charge is 0.440 e. The molecule has 1 aromatic heterocycles.